The molecule has 0 radical (unpaired) electrons. The Morgan fingerprint density at radius 2 is 2.10 bits per heavy atom. The second kappa shape index (κ2) is 6.93. The lowest BCUT2D eigenvalue weighted by molar-refractivity contribution is 0.413. The van der Waals surface area contributed by atoms with Gasteiger partial charge in [-0.05, 0) is 42.1 Å². The van der Waals surface area contributed by atoms with E-state index >= 15 is 0 Å². The third-order valence-corrected chi connectivity index (χ3v) is 6.82. The van der Waals surface area contributed by atoms with Crippen LogP contribution in [0.4, 0.5) is 0 Å². The molecule has 4 heteroatoms. The monoisotopic (exact) mass is 309 g/mol. The average molecular weight is 309 g/mol. The summed E-state index contributed by atoms with van der Waals surface area (Å²) < 4.78 is 18.3. The third kappa shape index (κ3) is 3.32. The minimum Gasteiger partial charge on any atom is -0.497 e. The van der Waals surface area contributed by atoms with Crippen molar-refractivity contribution in [3.8, 4) is 5.75 Å². The first-order valence-corrected chi connectivity index (χ1v) is 9.06. The number of ether oxygens (including phenoxy) is 1. The number of methoxy groups -OCH3 is 1. The lowest BCUT2D eigenvalue weighted by Crippen LogP contribution is -2.36. The third-order valence-electron chi connectivity index (χ3n) is 4.51. The fourth-order valence-electron chi connectivity index (χ4n) is 2.93. The lowest BCUT2D eigenvalue weighted by atomic mass is 10.1. The molecule has 1 aromatic rings. The molecule has 0 aliphatic heterocycles. The maximum absolute atomic E-state index is 12.9. The molecule has 0 bridgehead atoms. The molecule has 4 atom stereocenters. The molecule has 1 N–H and O–H groups in total. The van der Waals surface area contributed by atoms with Crippen molar-refractivity contribution >= 4 is 10.8 Å². The maximum Gasteiger partial charge on any atom is 0.119 e. The highest BCUT2D eigenvalue weighted by molar-refractivity contribution is 7.86. The van der Waals surface area contributed by atoms with Crippen LogP contribution in [0.3, 0.4) is 0 Å². The molecule has 0 saturated heterocycles. The van der Waals surface area contributed by atoms with E-state index in [1.807, 2.05) is 6.07 Å². The van der Waals surface area contributed by atoms with Crippen molar-refractivity contribution in [2.75, 3.05) is 13.7 Å². The normalized spacial score (nSPS) is 23.9. The minimum absolute atomic E-state index is 0.157. The Morgan fingerprint density at radius 1 is 1.38 bits per heavy atom. The standard InChI is InChI=1S/C17H27NO2S/c1-6-18-17-15-10-14(20-5)8-7-13(15)9-16(17)21(19)12(4)11(2)3/h7-8,10-12,16-18H,6,9H2,1-5H3. The van der Waals surface area contributed by atoms with E-state index in [2.05, 4.69) is 45.1 Å². The Hall–Kier alpha value is -0.870. The van der Waals surface area contributed by atoms with Crippen molar-refractivity contribution < 1.29 is 8.95 Å². The summed E-state index contributed by atoms with van der Waals surface area (Å²) in [5, 5.41) is 3.90. The largest absolute Gasteiger partial charge is 0.497 e. The van der Waals surface area contributed by atoms with E-state index in [4.69, 9.17) is 4.74 Å². The zero-order valence-corrected chi connectivity index (χ0v) is 14.5. The van der Waals surface area contributed by atoms with Crippen LogP contribution in [0.1, 0.15) is 44.9 Å². The van der Waals surface area contributed by atoms with Gasteiger partial charge in [-0.3, -0.25) is 4.21 Å². The Balaban J connectivity index is 2.31. The van der Waals surface area contributed by atoms with E-state index in [9.17, 15) is 4.21 Å². The van der Waals surface area contributed by atoms with Crippen LogP contribution in [0.2, 0.25) is 0 Å². The molecule has 0 amide bonds. The van der Waals surface area contributed by atoms with Crippen molar-refractivity contribution in [3.05, 3.63) is 29.3 Å². The summed E-state index contributed by atoms with van der Waals surface area (Å²) >= 11 is 0. The summed E-state index contributed by atoms with van der Waals surface area (Å²) in [4.78, 5) is 0. The molecule has 0 aromatic heterocycles. The van der Waals surface area contributed by atoms with Crippen molar-refractivity contribution in [2.24, 2.45) is 5.92 Å². The Kier molecular flexibility index (Phi) is 5.44. The Bertz CT molecular complexity index is 516. The summed E-state index contributed by atoms with van der Waals surface area (Å²) in [6.45, 7) is 9.38. The zero-order chi connectivity index (χ0) is 15.6. The number of fused-ring (bicyclic) bond motifs is 1. The summed E-state index contributed by atoms with van der Waals surface area (Å²) in [6, 6.07) is 6.39. The number of benzene rings is 1. The smallest absolute Gasteiger partial charge is 0.119 e. The van der Waals surface area contributed by atoms with Crippen LogP contribution in [0.25, 0.3) is 0 Å². The van der Waals surface area contributed by atoms with Crippen LogP contribution in [0, 0.1) is 5.92 Å². The van der Waals surface area contributed by atoms with Gasteiger partial charge in [0.1, 0.15) is 5.75 Å². The number of nitrogens with one attached hydrogen (secondary N) is 1. The molecular weight excluding hydrogens is 282 g/mol. The first-order chi connectivity index (χ1) is 9.99. The van der Waals surface area contributed by atoms with Gasteiger partial charge < -0.3 is 10.1 Å². The molecular formula is C17H27NO2S. The highest BCUT2D eigenvalue weighted by atomic mass is 32.2. The van der Waals surface area contributed by atoms with Gasteiger partial charge in [-0.15, -0.1) is 0 Å². The summed E-state index contributed by atoms with van der Waals surface area (Å²) in [7, 11) is 0.850. The minimum atomic E-state index is -0.840. The van der Waals surface area contributed by atoms with E-state index < -0.39 is 10.8 Å². The summed E-state index contributed by atoms with van der Waals surface area (Å²) in [5.74, 6) is 1.31. The van der Waals surface area contributed by atoms with Gasteiger partial charge in [0.15, 0.2) is 0 Å². The number of rotatable bonds is 6. The van der Waals surface area contributed by atoms with Crippen LogP contribution in [-0.4, -0.2) is 28.4 Å². The predicted octanol–water partition coefficient (Wildman–Crippen LogP) is 3.06. The van der Waals surface area contributed by atoms with E-state index in [1.165, 1.54) is 11.1 Å². The van der Waals surface area contributed by atoms with Crippen LogP contribution in [0.15, 0.2) is 18.2 Å². The number of hydrogen-bond acceptors (Lipinski definition) is 3. The van der Waals surface area contributed by atoms with Crippen molar-refractivity contribution in [1.82, 2.24) is 5.32 Å². The molecule has 118 valence electrons. The van der Waals surface area contributed by atoms with Gasteiger partial charge in [0.05, 0.1) is 12.4 Å². The van der Waals surface area contributed by atoms with Gasteiger partial charge in [0, 0.05) is 22.1 Å². The van der Waals surface area contributed by atoms with Gasteiger partial charge >= 0.3 is 0 Å². The van der Waals surface area contributed by atoms with Gasteiger partial charge in [0.2, 0.25) is 0 Å². The average Bonchev–Trinajstić information content (AvgIpc) is 2.84. The second-order valence-corrected chi connectivity index (χ2v) is 8.13. The second-order valence-electron chi connectivity index (χ2n) is 6.12. The van der Waals surface area contributed by atoms with Crippen LogP contribution in [0.5, 0.6) is 5.75 Å². The van der Waals surface area contributed by atoms with Crippen LogP contribution in [-0.2, 0) is 17.2 Å². The molecule has 4 unspecified atom stereocenters. The van der Waals surface area contributed by atoms with Crippen molar-refractivity contribution in [1.29, 1.82) is 0 Å². The van der Waals surface area contributed by atoms with Crippen molar-refractivity contribution in [2.45, 2.75) is 50.7 Å². The predicted molar refractivity (Wildman–Crippen MR) is 89.3 cm³/mol. The summed E-state index contributed by atoms with van der Waals surface area (Å²) in [6.07, 6.45) is 0.890. The van der Waals surface area contributed by atoms with Gasteiger partial charge in [-0.25, -0.2) is 0 Å². The molecule has 1 aromatic carbocycles. The molecule has 21 heavy (non-hydrogen) atoms. The quantitative estimate of drug-likeness (QED) is 0.877. The van der Waals surface area contributed by atoms with E-state index in [1.54, 1.807) is 7.11 Å². The molecule has 0 spiro atoms. The summed E-state index contributed by atoms with van der Waals surface area (Å²) in [5.41, 5.74) is 2.56. The molecule has 0 heterocycles. The molecule has 3 nitrogen and oxygen atoms in total. The fraction of sp³-hybridized carbons (Fsp3) is 0.647. The lowest BCUT2D eigenvalue weighted by Gasteiger charge is -2.25. The Labute approximate surface area is 130 Å². The first-order valence-electron chi connectivity index (χ1n) is 7.79. The SMILES string of the molecule is CCNC1c2cc(OC)ccc2CC1S(=O)C(C)C(C)C. The van der Waals surface area contributed by atoms with E-state index in [0.29, 0.717) is 5.92 Å². The van der Waals surface area contributed by atoms with E-state index in [-0.39, 0.29) is 16.5 Å². The number of hydrogen-bond donors (Lipinski definition) is 1. The van der Waals surface area contributed by atoms with E-state index in [0.717, 1.165) is 18.7 Å². The van der Waals surface area contributed by atoms with Gasteiger partial charge in [0.25, 0.3) is 0 Å². The fourth-order valence-corrected chi connectivity index (χ4v) is 4.87. The Morgan fingerprint density at radius 3 is 2.67 bits per heavy atom. The zero-order valence-electron chi connectivity index (χ0n) is 13.7. The van der Waals surface area contributed by atoms with Crippen LogP contribution >= 0.6 is 0 Å². The maximum atomic E-state index is 12.9. The first kappa shape index (κ1) is 16.5. The highest BCUT2D eigenvalue weighted by Crippen LogP contribution is 2.38. The topological polar surface area (TPSA) is 38.3 Å². The molecule has 1 aliphatic rings. The van der Waals surface area contributed by atoms with Gasteiger partial charge in [-0.1, -0.05) is 33.8 Å². The van der Waals surface area contributed by atoms with Gasteiger partial charge in [-0.2, -0.15) is 0 Å². The molecule has 2 rings (SSSR count). The van der Waals surface area contributed by atoms with Crippen molar-refractivity contribution in [3.63, 3.8) is 0 Å². The highest BCUT2D eigenvalue weighted by Gasteiger charge is 2.38. The molecule has 1 aliphatic carbocycles. The molecule has 0 fully saturated rings. The van der Waals surface area contributed by atoms with Crippen LogP contribution < -0.4 is 10.1 Å². The molecule has 0 saturated carbocycles.